The highest BCUT2D eigenvalue weighted by atomic mass is 16.1. The van der Waals surface area contributed by atoms with Crippen molar-refractivity contribution in [2.24, 2.45) is 0 Å². The van der Waals surface area contributed by atoms with Gasteiger partial charge in [-0.2, -0.15) is 20.7 Å². The molecule has 2 aromatic carbocycles. The summed E-state index contributed by atoms with van der Waals surface area (Å²) >= 11 is 0. The minimum absolute atomic E-state index is 0.0657. The number of nitriles is 1. The Balaban J connectivity index is 1.71. The molecule has 0 saturated carbocycles. The van der Waals surface area contributed by atoms with E-state index in [2.05, 4.69) is 53.6 Å². The molecule has 1 aliphatic carbocycles. The number of carbonyl (C=O) groups is 1. The molecule has 29 heavy (non-hydrogen) atoms. The number of H-pyrrole nitrogens is 1. The molecule has 0 radical (unpaired) electrons. The Morgan fingerprint density at radius 1 is 1.21 bits per heavy atom. The molecule has 3 aromatic rings. The van der Waals surface area contributed by atoms with Gasteiger partial charge in [-0.15, -0.1) is 0 Å². The number of nitrogens with zero attached hydrogens (tertiary/aromatic N) is 3. The molecule has 2 unspecified atom stereocenters. The van der Waals surface area contributed by atoms with Gasteiger partial charge in [0.25, 0.3) is 0 Å². The van der Waals surface area contributed by atoms with E-state index in [1.54, 1.807) is 12.3 Å². The van der Waals surface area contributed by atoms with E-state index in [0.717, 1.165) is 45.6 Å². The predicted molar refractivity (Wildman–Crippen MR) is 110 cm³/mol. The van der Waals surface area contributed by atoms with Gasteiger partial charge in [0, 0.05) is 28.3 Å². The molecule has 1 aromatic heterocycles. The molecule has 0 fully saturated rings. The molecule has 1 aliphatic heterocycles. The van der Waals surface area contributed by atoms with Crippen LogP contribution in [0.15, 0.2) is 36.5 Å². The summed E-state index contributed by atoms with van der Waals surface area (Å²) in [7, 11) is 0. The van der Waals surface area contributed by atoms with Crippen LogP contribution in [0.3, 0.4) is 0 Å². The first-order chi connectivity index (χ1) is 14.0. The van der Waals surface area contributed by atoms with E-state index in [1.165, 1.54) is 0 Å². The van der Waals surface area contributed by atoms with Crippen LogP contribution in [0.5, 0.6) is 0 Å². The highest BCUT2D eigenvalue weighted by molar-refractivity contribution is 6.07. The molecule has 5 rings (SSSR count). The summed E-state index contributed by atoms with van der Waals surface area (Å²) in [6.07, 6.45) is 2.52. The fraction of sp³-hybridized carbons (Fsp3) is 0.304. The summed E-state index contributed by atoms with van der Waals surface area (Å²) < 4.78 is 0. The number of hydrogen-bond donors (Lipinski definition) is 2. The molecule has 0 bridgehead atoms. The molecular formula is C23H21N5O. The van der Waals surface area contributed by atoms with Gasteiger partial charge in [0.05, 0.1) is 23.7 Å². The lowest BCUT2D eigenvalue weighted by Crippen LogP contribution is -2.48. The molecule has 0 spiro atoms. The quantitative estimate of drug-likeness (QED) is 0.698. The third-order valence-electron chi connectivity index (χ3n) is 6.50. The van der Waals surface area contributed by atoms with Crippen molar-refractivity contribution in [2.75, 3.05) is 5.32 Å². The third-order valence-corrected chi connectivity index (χ3v) is 6.50. The number of aromatic nitrogens is 3. The number of Topliss-reactive ketones (excluding diaryl/α,β-unsaturated/α-hetero) is 1. The Morgan fingerprint density at radius 2 is 2.03 bits per heavy atom. The van der Waals surface area contributed by atoms with Gasteiger partial charge < -0.3 is 5.32 Å². The van der Waals surface area contributed by atoms with E-state index in [-0.39, 0.29) is 23.2 Å². The van der Waals surface area contributed by atoms with Gasteiger partial charge in [0.1, 0.15) is 5.69 Å². The van der Waals surface area contributed by atoms with E-state index in [1.807, 2.05) is 18.2 Å². The molecule has 6 heteroatoms. The lowest BCUT2D eigenvalue weighted by atomic mass is 9.63. The van der Waals surface area contributed by atoms with E-state index in [4.69, 9.17) is 0 Å². The Morgan fingerprint density at radius 3 is 2.72 bits per heavy atom. The van der Waals surface area contributed by atoms with Crippen molar-refractivity contribution in [1.29, 1.82) is 5.26 Å². The summed E-state index contributed by atoms with van der Waals surface area (Å²) in [5, 5.41) is 23.7. The van der Waals surface area contributed by atoms with E-state index in [0.29, 0.717) is 5.56 Å². The number of aromatic amines is 1. The largest absolute Gasteiger partial charge is 0.380 e. The van der Waals surface area contributed by atoms with Gasteiger partial charge in [0.15, 0.2) is 5.78 Å². The first-order valence-electron chi connectivity index (χ1n) is 9.84. The number of ketones is 1. The minimum atomic E-state index is -0.287. The Labute approximate surface area is 169 Å². The van der Waals surface area contributed by atoms with Crippen LogP contribution >= 0.6 is 0 Å². The Hall–Kier alpha value is -3.46. The molecule has 6 nitrogen and oxygen atoms in total. The monoisotopic (exact) mass is 383 g/mol. The van der Waals surface area contributed by atoms with Gasteiger partial charge in [0.2, 0.25) is 0 Å². The molecule has 2 atom stereocenters. The normalized spacial score (nSPS) is 21.0. The topological polar surface area (TPSA) is 94.5 Å². The van der Waals surface area contributed by atoms with Gasteiger partial charge in [-0.05, 0) is 47.4 Å². The molecule has 2 N–H and O–H groups in total. The SMILES string of the molecule is CCc1cc2c(cc1-c1cn[nH]n1)C(C)(C)C1Nc3cc(C#N)ccc3C1C2=O. The van der Waals surface area contributed by atoms with Crippen LogP contribution in [0, 0.1) is 11.3 Å². The van der Waals surface area contributed by atoms with Gasteiger partial charge in [-0.25, -0.2) is 0 Å². The number of fused-ring (bicyclic) bond motifs is 4. The van der Waals surface area contributed by atoms with Crippen molar-refractivity contribution in [3.8, 4) is 17.3 Å². The molecule has 0 amide bonds. The highest BCUT2D eigenvalue weighted by Gasteiger charge is 2.51. The van der Waals surface area contributed by atoms with E-state index >= 15 is 0 Å². The molecule has 2 heterocycles. The minimum Gasteiger partial charge on any atom is -0.380 e. The number of benzene rings is 2. The second-order valence-electron chi connectivity index (χ2n) is 8.36. The van der Waals surface area contributed by atoms with Crippen molar-refractivity contribution in [3.63, 3.8) is 0 Å². The van der Waals surface area contributed by atoms with Crippen LogP contribution in [0.2, 0.25) is 0 Å². The zero-order valence-corrected chi connectivity index (χ0v) is 16.6. The van der Waals surface area contributed by atoms with E-state index < -0.39 is 0 Å². The zero-order chi connectivity index (χ0) is 20.3. The van der Waals surface area contributed by atoms with Gasteiger partial charge in [-0.3, -0.25) is 4.79 Å². The summed E-state index contributed by atoms with van der Waals surface area (Å²) in [6, 6.07) is 11.8. The average Bonchev–Trinajstić information content (AvgIpc) is 3.39. The number of carbonyl (C=O) groups excluding carboxylic acids is 1. The Bertz CT molecular complexity index is 1190. The molecule has 144 valence electrons. The first kappa shape index (κ1) is 17.6. The van der Waals surface area contributed by atoms with Crippen LogP contribution in [-0.4, -0.2) is 27.2 Å². The summed E-state index contributed by atoms with van der Waals surface area (Å²) in [5.74, 6) is -0.107. The summed E-state index contributed by atoms with van der Waals surface area (Å²) in [5.41, 5.74) is 6.89. The highest BCUT2D eigenvalue weighted by Crippen LogP contribution is 2.51. The first-order valence-corrected chi connectivity index (χ1v) is 9.84. The Kier molecular flexibility index (Phi) is 3.66. The standard InChI is InChI=1S/C23H21N5O/c1-4-13-8-16-17(9-15(13)19-11-25-28-27-19)23(2,3)22-20(21(16)29)14-6-5-12(10-24)7-18(14)26-22/h5-9,11,20,22,26H,4H2,1-3H3,(H,25,27,28). The second-order valence-corrected chi connectivity index (χ2v) is 8.36. The number of nitrogens with one attached hydrogen (secondary N) is 2. The van der Waals surface area contributed by atoms with E-state index in [9.17, 15) is 10.1 Å². The van der Waals surface area contributed by atoms with Gasteiger partial charge >= 0.3 is 0 Å². The third kappa shape index (κ3) is 2.37. The van der Waals surface area contributed by atoms with Crippen molar-refractivity contribution in [1.82, 2.24) is 15.4 Å². The van der Waals surface area contributed by atoms with Crippen molar-refractivity contribution in [2.45, 2.75) is 44.6 Å². The maximum absolute atomic E-state index is 13.6. The maximum atomic E-state index is 13.6. The fourth-order valence-corrected chi connectivity index (χ4v) is 4.92. The summed E-state index contributed by atoms with van der Waals surface area (Å²) in [4.78, 5) is 13.6. The van der Waals surface area contributed by atoms with Crippen LogP contribution in [0.4, 0.5) is 5.69 Å². The number of anilines is 1. The zero-order valence-electron chi connectivity index (χ0n) is 16.6. The number of hydrogen-bond acceptors (Lipinski definition) is 5. The average molecular weight is 383 g/mol. The second kappa shape index (κ2) is 6.02. The van der Waals surface area contributed by atoms with Crippen LogP contribution in [0.1, 0.15) is 59.3 Å². The molecular weight excluding hydrogens is 362 g/mol. The molecule has 0 saturated heterocycles. The van der Waals surface area contributed by atoms with Gasteiger partial charge in [-0.1, -0.05) is 26.8 Å². The fourth-order valence-electron chi connectivity index (χ4n) is 4.92. The van der Waals surface area contributed by atoms with Crippen molar-refractivity contribution in [3.05, 3.63) is 64.3 Å². The predicted octanol–water partition coefficient (Wildman–Crippen LogP) is 3.96. The van der Waals surface area contributed by atoms with Crippen molar-refractivity contribution < 1.29 is 4.79 Å². The number of aryl methyl sites for hydroxylation is 1. The van der Waals surface area contributed by atoms with Crippen LogP contribution in [0.25, 0.3) is 11.3 Å². The van der Waals surface area contributed by atoms with Crippen molar-refractivity contribution >= 4 is 11.5 Å². The lowest BCUT2D eigenvalue weighted by Gasteiger charge is -2.42. The molecule has 2 aliphatic rings. The maximum Gasteiger partial charge on any atom is 0.172 e. The number of rotatable bonds is 2. The van der Waals surface area contributed by atoms with Crippen LogP contribution in [-0.2, 0) is 11.8 Å². The summed E-state index contributed by atoms with van der Waals surface area (Å²) in [6.45, 7) is 6.44. The smallest absolute Gasteiger partial charge is 0.172 e. The lowest BCUT2D eigenvalue weighted by molar-refractivity contribution is 0.0922. The van der Waals surface area contributed by atoms with Crippen LogP contribution < -0.4 is 5.32 Å².